The van der Waals surface area contributed by atoms with Crippen LogP contribution in [0.4, 0.5) is 0 Å². The van der Waals surface area contributed by atoms with Crippen molar-refractivity contribution < 1.29 is 9.21 Å². The van der Waals surface area contributed by atoms with E-state index < -0.39 is 5.91 Å². The molecule has 0 radical (unpaired) electrons. The molecular formula is C17H15N3O3. The summed E-state index contributed by atoms with van der Waals surface area (Å²) in [5.41, 5.74) is 1.36. The van der Waals surface area contributed by atoms with Crippen LogP contribution in [0.15, 0.2) is 64.3 Å². The molecule has 6 nitrogen and oxygen atoms in total. The van der Waals surface area contributed by atoms with Crippen LogP contribution in [-0.4, -0.2) is 15.5 Å². The molecule has 0 unspecified atom stereocenters. The normalized spacial score (nSPS) is 10.5. The molecule has 0 fully saturated rings. The third-order valence-electron chi connectivity index (χ3n) is 3.42. The molecule has 0 atom stereocenters. The maximum absolute atomic E-state index is 12.1. The molecule has 3 heterocycles. The fourth-order valence-corrected chi connectivity index (χ4v) is 2.15. The van der Waals surface area contributed by atoms with E-state index in [4.69, 9.17) is 4.42 Å². The Balaban J connectivity index is 1.67. The number of hydrogen-bond donors (Lipinski definition) is 1. The molecule has 1 N–H and O–H groups in total. The zero-order valence-electron chi connectivity index (χ0n) is 12.5. The zero-order chi connectivity index (χ0) is 16.2. The van der Waals surface area contributed by atoms with Gasteiger partial charge < -0.3 is 14.3 Å². The molecule has 0 saturated heterocycles. The maximum atomic E-state index is 12.1. The van der Waals surface area contributed by atoms with Gasteiger partial charge in [0.15, 0.2) is 5.76 Å². The first kappa shape index (κ1) is 14.8. The van der Waals surface area contributed by atoms with Crippen LogP contribution in [0.2, 0.25) is 0 Å². The Morgan fingerprint density at radius 2 is 2.13 bits per heavy atom. The number of carbonyl (C=O) groups excluding carboxylic acids is 1. The van der Waals surface area contributed by atoms with Gasteiger partial charge in [-0.3, -0.25) is 14.6 Å². The number of rotatable bonds is 4. The SMILES string of the molecule is Cn1cccc(C(=O)NCc2ccc(-c3ccco3)nc2)c1=O. The summed E-state index contributed by atoms with van der Waals surface area (Å²) in [6, 6.07) is 10.5. The number of hydrogen-bond acceptors (Lipinski definition) is 4. The Hall–Kier alpha value is -3.15. The molecule has 3 aromatic rings. The molecule has 0 saturated carbocycles. The van der Waals surface area contributed by atoms with E-state index >= 15 is 0 Å². The fraction of sp³-hybridized carbons (Fsp3) is 0.118. The van der Waals surface area contributed by atoms with Gasteiger partial charge in [0.2, 0.25) is 0 Å². The van der Waals surface area contributed by atoms with E-state index in [0.29, 0.717) is 12.3 Å². The highest BCUT2D eigenvalue weighted by Gasteiger charge is 2.10. The molecule has 6 heteroatoms. The minimum absolute atomic E-state index is 0.121. The predicted molar refractivity (Wildman–Crippen MR) is 84.8 cm³/mol. The van der Waals surface area contributed by atoms with Crippen molar-refractivity contribution in [2.45, 2.75) is 6.54 Å². The Morgan fingerprint density at radius 3 is 2.83 bits per heavy atom. The second-order valence-electron chi connectivity index (χ2n) is 5.05. The van der Waals surface area contributed by atoms with E-state index in [0.717, 1.165) is 11.3 Å². The molecule has 0 aromatic carbocycles. The van der Waals surface area contributed by atoms with Gasteiger partial charge >= 0.3 is 0 Å². The lowest BCUT2D eigenvalue weighted by molar-refractivity contribution is 0.0949. The van der Waals surface area contributed by atoms with Crippen LogP contribution < -0.4 is 10.9 Å². The van der Waals surface area contributed by atoms with Crippen molar-refractivity contribution in [1.82, 2.24) is 14.9 Å². The molecule has 0 spiro atoms. The van der Waals surface area contributed by atoms with Crippen molar-refractivity contribution in [3.05, 3.63) is 76.5 Å². The van der Waals surface area contributed by atoms with Crippen LogP contribution >= 0.6 is 0 Å². The van der Waals surface area contributed by atoms with Crippen molar-refractivity contribution in [3.8, 4) is 11.5 Å². The van der Waals surface area contributed by atoms with E-state index in [1.54, 1.807) is 37.8 Å². The third kappa shape index (κ3) is 3.21. The summed E-state index contributed by atoms with van der Waals surface area (Å²) in [6.45, 7) is 0.294. The summed E-state index contributed by atoms with van der Waals surface area (Å²) in [7, 11) is 1.61. The molecular weight excluding hydrogens is 294 g/mol. The van der Waals surface area contributed by atoms with E-state index in [1.807, 2.05) is 18.2 Å². The van der Waals surface area contributed by atoms with Crippen LogP contribution in [0.25, 0.3) is 11.5 Å². The lowest BCUT2D eigenvalue weighted by Gasteiger charge is -2.06. The topological polar surface area (TPSA) is 77.1 Å². The minimum atomic E-state index is -0.402. The molecule has 3 aromatic heterocycles. The molecule has 116 valence electrons. The van der Waals surface area contributed by atoms with E-state index in [1.165, 1.54) is 10.6 Å². The van der Waals surface area contributed by atoms with Gasteiger partial charge in [-0.25, -0.2) is 0 Å². The van der Waals surface area contributed by atoms with Crippen molar-refractivity contribution in [2.24, 2.45) is 7.05 Å². The predicted octanol–water partition coefficient (Wildman–Crippen LogP) is 1.97. The Morgan fingerprint density at radius 1 is 1.26 bits per heavy atom. The van der Waals surface area contributed by atoms with E-state index in [2.05, 4.69) is 10.3 Å². The Labute approximate surface area is 132 Å². The van der Waals surface area contributed by atoms with E-state index in [-0.39, 0.29) is 11.1 Å². The highest BCUT2D eigenvalue weighted by atomic mass is 16.3. The molecule has 0 aliphatic rings. The summed E-state index contributed by atoms with van der Waals surface area (Å²) in [5.74, 6) is 0.287. The zero-order valence-corrected chi connectivity index (χ0v) is 12.5. The molecule has 1 amide bonds. The molecule has 0 bridgehead atoms. The summed E-state index contributed by atoms with van der Waals surface area (Å²) >= 11 is 0. The van der Waals surface area contributed by atoms with Gasteiger partial charge in [-0.2, -0.15) is 0 Å². The van der Waals surface area contributed by atoms with Crippen molar-refractivity contribution >= 4 is 5.91 Å². The number of aryl methyl sites for hydroxylation is 1. The number of aromatic nitrogens is 2. The number of nitrogens with one attached hydrogen (secondary N) is 1. The van der Waals surface area contributed by atoms with Crippen molar-refractivity contribution in [1.29, 1.82) is 0 Å². The molecule has 3 rings (SSSR count). The van der Waals surface area contributed by atoms with Gasteiger partial charge in [-0.05, 0) is 35.9 Å². The van der Waals surface area contributed by atoms with Gasteiger partial charge in [0.05, 0.1) is 6.26 Å². The first-order valence-corrected chi connectivity index (χ1v) is 7.08. The fourth-order valence-electron chi connectivity index (χ4n) is 2.15. The standard InChI is InChI=1S/C17H15N3O3/c1-20-8-2-4-13(17(20)22)16(21)19-11-12-6-7-14(18-10-12)15-5-3-9-23-15/h2-10H,11H2,1H3,(H,19,21). The summed E-state index contributed by atoms with van der Waals surface area (Å²) < 4.78 is 6.64. The summed E-state index contributed by atoms with van der Waals surface area (Å²) in [4.78, 5) is 28.3. The van der Waals surface area contributed by atoms with Gasteiger partial charge in [0.25, 0.3) is 11.5 Å². The van der Waals surface area contributed by atoms with Crippen LogP contribution in [0.1, 0.15) is 15.9 Å². The average Bonchev–Trinajstić information content (AvgIpc) is 3.10. The quantitative estimate of drug-likeness (QED) is 0.799. The Bertz CT molecular complexity index is 865. The second-order valence-corrected chi connectivity index (χ2v) is 5.05. The number of carbonyl (C=O) groups is 1. The second kappa shape index (κ2) is 6.31. The van der Waals surface area contributed by atoms with Crippen molar-refractivity contribution in [3.63, 3.8) is 0 Å². The number of pyridine rings is 2. The lowest BCUT2D eigenvalue weighted by Crippen LogP contribution is -2.31. The monoisotopic (exact) mass is 309 g/mol. The van der Waals surface area contributed by atoms with Gasteiger partial charge in [-0.15, -0.1) is 0 Å². The number of furan rings is 1. The lowest BCUT2D eigenvalue weighted by atomic mass is 10.2. The van der Waals surface area contributed by atoms with Crippen molar-refractivity contribution in [2.75, 3.05) is 0 Å². The van der Waals surface area contributed by atoms with Crippen LogP contribution in [0.3, 0.4) is 0 Å². The first-order chi connectivity index (χ1) is 11.1. The number of nitrogens with zero attached hydrogens (tertiary/aromatic N) is 2. The smallest absolute Gasteiger partial charge is 0.263 e. The summed E-state index contributed by atoms with van der Waals surface area (Å²) in [6.07, 6.45) is 4.86. The van der Waals surface area contributed by atoms with Crippen LogP contribution in [0, 0.1) is 0 Å². The first-order valence-electron chi connectivity index (χ1n) is 7.08. The largest absolute Gasteiger partial charge is 0.463 e. The highest BCUT2D eigenvalue weighted by molar-refractivity contribution is 5.93. The summed E-state index contributed by atoms with van der Waals surface area (Å²) in [5, 5.41) is 2.72. The molecule has 23 heavy (non-hydrogen) atoms. The van der Waals surface area contributed by atoms with Gasteiger partial charge in [-0.1, -0.05) is 6.07 Å². The molecule has 0 aliphatic heterocycles. The number of amides is 1. The van der Waals surface area contributed by atoms with Crippen LogP contribution in [0.5, 0.6) is 0 Å². The Kier molecular flexibility index (Phi) is 4.05. The van der Waals surface area contributed by atoms with Gasteiger partial charge in [0, 0.05) is 26.0 Å². The van der Waals surface area contributed by atoms with Gasteiger partial charge in [0.1, 0.15) is 11.3 Å². The highest BCUT2D eigenvalue weighted by Crippen LogP contribution is 2.16. The third-order valence-corrected chi connectivity index (χ3v) is 3.42. The average molecular weight is 309 g/mol. The van der Waals surface area contributed by atoms with Crippen LogP contribution in [-0.2, 0) is 13.6 Å². The molecule has 0 aliphatic carbocycles. The minimum Gasteiger partial charge on any atom is -0.463 e. The maximum Gasteiger partial charge on any atom is 0.263 e. The van der Waals surface area contributed by atoms with E-state index in [9.17, 15) is 9.59 Å².